The van der Waals surface area contributed by atoms with Gasteiger partial charge in [0.25, 0.3) is 0 Å². The van der Waals surface area contributed by atoms with Crippen molar-refractivity contribution in [3.63, 3.8) is 0 Å². The number of ether oxygens (including phenoxy) is 3. The molecule has 1 aliphatic heterocycles. The maximum Gasteiger partial charge on any atom is 0.227 e. The average Bonchev–Trinajstić information content (AvgIpc) is 2.79. The highest BCUT2D eigenvalue weighted by Crippen LogP contribution is 2.36. The topological polar surface area (TPSA) is 77.1 Å². The highest BCUT2D eigenvalue weighted by atomic mass is 35.5. The standard InChI is InChI=1S/C25H31ClN2O5/c1-4-31-22-8-6-18(14-23(22)32-5-2)12-13-27-24(29)10-11-25(30)28-16-17(3)33-21-9-7-19(26)15-20(21)28/h6-9,14-15,17H,4-5,10-13,16H2,1-3H3,(H,27,29)/t17-/m0/s1. The van der Waals surface area contributed by atoms with Crippen LogP contribution in [0.2, 0.25) is 5.02 Å². The Morgan fingerprint density at radius 2 is 1.85 bits per heavy atom. The Bertz CT molecular complexity index is 981. The summed E-state index contributed by atoms with van der Waals surface area (Å²) >= 11 is 6.10. The average molecular weight is 475 g/mol. The van der Waals surface area contributed by atoms with E-state index in [0.717, 1.165) is 5.56 Å². The number of nitrogens with zero attached hydrogens (tertiary/aromatic N) is 1. The van der Waals surface area contributed by atoms with Gasteiger partial charge in [-0.15, -0.1) is 0 Å². The summed E-state index contributed by atoms with van der Waals surface area (Å²) in [7, 11) is 0. The van der Waals surface area contributed by atoms with E-state index in [9.17, 15) is 9.59 Å². The minimum absolute atomic E-state index is 0.113. The number of carbonyl (C=O) groups is 2. The van der Waals surface area contributed by atoms with E-state index in [4.69, 9.17) is 25.8 Å². The van der Waals surface area contributed by atoms with Crippen molar-refractivity contribution < 1.29 is 23.8 Å². The van der Waals surface area contributed by atoms with Gasteiger partial charge in [-0.2, -0.15) is 0 Å². The summed E-state index contributed by atoms with van der Waals surface area (Å²) in [6, 6.07) is 11.0. The van der Waals surface area contributed by atoms with Crippen LogP contribution in [0.1, 0.15) is 39.2 Å². The second-order valence-corrected chi connectivity index (χ2v) is 8.23. The van der Waals surface area contributed by atoms with E-state index in [1.165, 1.54) is 0 Å². The molecule has 0 spiro atoms. The number of hydrogen-bond donors (Lipinski definition) is 1. The lowest BCUT2D eigenvalue weighted by atomic mass is 10.1. The number of carbonyl (C=O) groups excluding carboxylic acids is 2. The second kappa shape index (κ2) is 11.8. The van der Waals surface area contributed by atoms with E-state index in [1.807, 2.05) is 39.0 Å². The van der Waals surface area contributed by atoms with Crippen LogP contribution in [0.15, 0.2) is 36.4 Å². The van der Waals surface area contributed by atoms with Crippen LogP contribution < -0.4 is 24.4 Å². The summed E-state index contributed by atoms with van der Waals surface area (Å²) < 4.78 is 17.0. The number of fused-ring (bicyclic) bond motifs is 1. The highest BCUT2D eigenvalue weighted by Gasteiger charge is 2.28. The third-order valence-electron chi connectivity index (χ3n) is 5.19. The Hall–Kier alpha value is -2.93. The van der Waals surface area contributed by atoms with Crippen molar-refractivity contribution in [2.45, 2.75) is 46.1 Å². The van der Waals surface area contributed by atoms with Gasteiger partial charge in [0.15, 0.2) is 11.5 Å². The van der Waals surface area contributed by atoms with Crippen molar-refractivity contribution in [1.82, 2.24) is 5.32 Å². The summed E-state index contributed by atoms with van der Waals surface area (Å²) in [5.41, 5.74) is 1.68. The molecule has 0 saturated heterocycles. The lowest BCUT2D eigenvalue weighted by Gasteiger charge is -2.33. The molecular weight excluding hydrogens is 444 g/mol. The van der Waals surface area contributed by atoms with Gasteiger partial charge in [0, 0.05) is 24.4 Å². The van der Waals surface area contributed by atoms with Crippen LogP contribution in [0.5, 0.6) is 17.2 Å². The first-order chi connectivity index (χ1) is 15.9. The second-order valence-electron chi connectivity index (χ2n) is 7.79. The summed E-state index contributed by atoms with van der Waals surface area (Å²) in [6.45, 7) is 7.77. The molecule has 0 aliphatic carbocycles. The Kier molecular flexibility index (Phi) is 8.83. The molecule has 0 radical (unpaired) electrons. The zero-order valence-corrected chi connectivity index (χ0v) is 20.1. The lowest BCUT2D eigenvalue weighted by molar-refractivity contribution is -0.125. The zero-order chi connectivity index (χ0) is 23.8. The van der Waals surface area contributed by atoms with Crippen LogP contribution >= 0.6 is 11.6 Å². The fraction of sp³-hybridized carbons (Fsp3) is 0.440. The van der Waals surface area contributed by atoms with Crippen LogP contribution in [-0.2, 0) is 16.0 Å². The fourth-order valence-corrected chi connectivity index (χ4v) is 3.85. The molecule has 8 heteroatoms. The molecule has 1 aliphatic rings. The van der Waals surface area contributed by atoms with Crippen molar-refractivity contribution in [2.75, 3.05) is 31.2 Å². The number of rotatable bonds is 10. The molecule has 2 aromatic rings. The van der Waals surface area contributed by atoms with Crippen LogP contribution in [0.3, 0.4) is 0 Å². The molecule has 7 nitrogen and oxygen atoms in total. The third-order valence-corrected chi connectivity index (χ3v) is 5.43. The van der Waals surface area contributed by atoms with Gasteiger partial charge in [0.05, 0.1) is 25.4 Å². The lowest BCUT2D eigenvalue weighted by Crippen LogP contribution is -2.42. The molecule has 2 amide bonds. The van der Waals surface area contributed by atoms with E-state index < -0.39 is 0 Å². The van der Waals surface area contributed by atoms with Gasteiger partial charge in [-0.3, -0.25) is 9.59 Å². The predicted molar refractivity (Wildman–Crippen MR) is 129 cm³/mol. The minimum atomic E-state index is -0.160. The Balaban J connectivity index is 1.49. The third kappa shape index (κ3) is 6.78. The predicted octanol–water partition coefficient (Wildman–Crippen LogP) is 4.39. The molecule has 178 valence electrons. The SMILES string of the molecule is CCOc1ccc(CCNC(=O)CCC(=O)N2C[C@H](C)Oc3ccc(Cl)cc32)cc1OCC. The summed E-state index contributed by atoms with van der Waals surface area (Å²) in [5, 5.41) is 3.42. The minimum Gasteiger partial charge on any atom is -0.490 e. The van der Waals surface area contributed by atoms with E-state index in [-0.39, 0.29) is 30.8 Å². The Morgan fingerprint density at radius 1 is 1.09 bits per heavy atom. The summed E-state index contributed by atoms with van der Waals surface area (Å²) in [4.78, 5) is 26.8. The molecule has 0 bridgehead atoms. The number of halogens is 1. The normalized spacial score (nSPS) is 14.8. The van der Waals surface area contributed by atoms with Gasteiger partial charge in [-0.1, -0.05) is 17.7 Å². The molecule has 1 N–H and O–H groups in total. The van der Waals surface area contributed by atoms with E-state index >= 15 is 0 Å². The molecule has 0 fully saturated rings. The molecule has 0 saturated carbocycles. The van der Waals surface area contributed by atoms with Gasteiger partial charge >= 0.3 is 0 Å². The van der Waals surface area contributed by atoms with Crippen molar-refractivity contribution >= 4 is 29.1 Å². The summed E-state index contributed by atoms with van der Waals surface area (Å²) in [6.07, 6.45) is 0.752. The van der Waals surface area contributed by atoms with Crippen LogP contribution in [0.25, 0.3) is 0 Å². The van der Waals surface area contributed by atoms with Crippen molar-refractivity contribution in [2.24, 2.45) is 0 Å². The molecule has 33 heavy (non-hydrogen) atoms. The van der Waals surface area contributed by atoms with Crippen molar-refractivity contribution in [3.05, 3.63) is 47.0 Å². The molecule has 3 rings (SSSR count). The van der Waals surface area contributed by atoms with Crippen LogP contribution in [-0.4, -0.2) is 44.2 Å². The molecule has 1 heterocycles. The first-order valence-corrected chi connectivity index (χ1v) is 11.7. The maximum atomic E-state index is 12.8. The number of benzene rings is 2. The van der Waals surface area contributed by atoms with Gasteiger partial charge < -0.3 is 24.4 Å². The number of nitrogens with one attached hydrogen (secondary N) is 1. The Morgan fingerprint density at radius 3 is 2.61 bits per heavy atom. The van der Waals surface area contributed by atoms with Crippen LogP contribution in [0, 0.1) is 0 Å². The van der Waals surface area contributed by atoms with E-state index in [2.05, 4.69) is 5.32 Å². The Labute approximate surface area is 200 Å². The van der Waals surface area contributed by atoms with Gasteiger partial charge in [-0.05, 0) is 63.1 Å². The number of hydrogen-bond acceptors (Lipinski definition) is 5. The fourth-order valence-electron chi connectivity index (χ4n) is 3.69. The summed E-state index contributed by atoms with van der Waals surface area (Å²) in [5.74, 6) is 1.75. The molecule has 0 unspecified atom stereocenters. The number of anilines is 1. The quantitative estimate of drug-likeness (QED) is 0.552. The monoisotopic (exact) mass is 474 g/mol. The highest BCUT2D eigenvalue weighted by molar-refractivity contribution is 6.31. The maximum absolute atomic E-state index is 12.8. The largest absolute Gasteiger partial charge is 0.490 e. The van der Waals surface area contributed by atoms with E-state index in [0.29, 0.717) is 60.7 Å². The molecule has 0 aromatic heterocycles. The van der Waals surface area contributed by atoms with Gasteiger partial charge in [0.1, 0.15) is 11.9 Å². The van der Waals surface area contributed by atoms with Crippen molar-refractivity contribution in [1.29, 1.82) is 0 Å². The first-order valence-electron chi connectivity index (χ1n) is 11.3. The first kappa shape index (κ1) is 24.7. The number of amides is 2. The van der Waals surface area contributed by atoms with Crippen molar-refractivity contribution in [3.8, 4) is 17.2 Å². The van der Waals surface area contributed by atoms with Gasteiger partial charge in [0.2, 0.25) is 11.8 Å². The zero-order valence-electron chi connectivity index (χ0n) is 19.4. The molecule has 1 atom stereocenters. The van der Waals surface area contributed by atoms with Crippen LogP contribution in [0.4, 0.5) is 5.69 Å². The van der Waals surface area contributed by atoms with E-state index in [1.54, 1.807) is 23.1 Å². The van der Waals surface area contributed by atoms with Gasteiger partial charge in [-0.25, -0.2) is 0 Å². The molecular formula is C25H31ClN2O5. The molecule has 2 aromatic carbocycles. The smallest absolute Gasteiger partial charge is 0.227 e.